The highest BCUT2D eigenvalue weighted by Crippen LogP contribution is 2.36. The number of amides is 2. The minimum atomic E-state index is -1.25. The van der Waals surface area contributed by atoms with Crippen LogP contribution in [0.5, 0.6) is 0 Å². The molecule has 1 aromatic carbocycles. The van der Waals surface area contributed by atoms with Crippen LogP contribution < -0.4 is 0 Å². The van der Waals surface area contributed by atoms with Gasteiger partial charge in [-0.2, -0.15) is 0 Å². The number of aliphatic hydroxyl groups is 1. The van der Waals surface area contributed by atoms with Gasteiger partial charge in [0.15, 0.2) is 11.3 Å². The van der Waals surface area contributed by atoms with Crippen LogP contribution in [0.3, 0.4) is 0 Å². The number of aromatic nitrogens is 1. The minimum absolute atomic E-state index is 0.118. The van der Waals surface area contributed by atoms with E-state index in [9.17, 15) is 19.1 Å². The lowest BCUT2D eigenvalue weighted by Crippen LogP contribution is -2.65. The smallest absolute Gasteiger partial charge is 0.290 e. The Morgan fingerprint density at radius 2 is 1.81 bits per heavy atom. The predicted molar refractivity (Wildman–Crippen MR) is 134 cm³/mol. The lowest BCUT2D eigenvalue weighted by atomic mass is 9.78. The third kappa shape index (κ3) is 4.17. The number of nitrogens with zero attached hydrogens (tertiary/aromatic N) is 3. The number of hydrogen-bond acceptors (Lipinski definition) is 5. The summed E-state index contributed by atoms with van der Waals surface area (Å²) in [6, 6.07) is 9.76. The summed E-state index contributed by atoms with van der Waals surface area (Å²) in [5, 5.41) is 10.5. The largest absolute Gasteiger partial charge is 0.449 e. The summed E-state index contributed by atoms with van der Waals surface area (Å²) in [6.07, 6.45) is 1.84. The molecule has 1 aliphatic heterocycles. The molecule has 0 unspecified atom stereocenters. The number of piperazine rings is 1. The highest BCUT2D eigenvalue weighted by Gasteiger charge is 2.48. The summed E-state index contributed by atoms with van der Waals surface area (Å²) in [4.78, 5) is 34.6. The monoisotopic (exact) mass is 493 g/mol. The number of fused-ring (bicyclic) bond motifs is 1. The van der Waals surface area contributed by atoms with E-state index in [0.717, 1.165) is 17.5 Å². The number of carbonyl (C=O) groups is 2. The Kier molecular flexibility index (Phi) is 5.90. The second-order valence-electron chi connectivity index (χ2n) is 11.0. The van der Waals surface area contributed by atoms with Gasteiger partial charge in [-0.1, -0.05) is 13.8 Å². The Morgan fingerprint density at radius 1 is 1.11 bits per heavy atom. The molecule has 0 spiro atoms. The van der Waals surface area contributed by atoms with Gasteiger partial charge in [-0.3, -0.25) is 9.59 Å². The third-order valence-corrected chi connectivity index (χ3v) is 7.49. The number of furan rings is 1. The van der Waals surface area contributed by atoms with Crippen LogP contribution in [0, 0.1) is 5.82 Å². The molecule has 2 fully saturated rings. The molecule has 8 heteroatoms. The molecule has 0 radical (unpaired) electrons. The molecule has 2 aliphatic rings. The van der Waals surface area contributed by atoms with Crippen LogP contribution in [-0.2, 0) is 4.79 Å². The zero-order chi connectivity index (χ0) is 25.8. The Bertz CT molecular complexity index is 1320. The van der Waals surface area contributed by atoms with Crippen molar-refractivity contribution in [2.24, 2.45) is 0 Å². The molecule has 3 heterocycles. The molecular weight excluding hydrogens is 461 g/mol. The summed E-state index contributed by atoms with van der Waals surface area (Å²) >= 11 is 0. The maximum Gasteiger partial charge on any atom is 0.290 e. The zero-order valence-corrected chi connectivity index (χ0v) is 21.2. The molecule has 1 N–H and O–H groups in total. The van der Waals surface area contributed by atoms with Gasteiger partial charge < -0.3 is 19.3 Å². The van der Waals surface area contributed by atoms with E-state index < -0.39 is 11.1 Å². The predicted octanol–water partition coefficient (Wildman–Crippen LogP) is 4.74. The normalized spacial score (nSPS) is 19.0. The average Bonchev–Trinajstić information content (AvgIpc) is 3.25. The number of pyridine rings is 1. The quantitative estimate of drug-likeness (QED) is 0.568. The molecule has 1 saturated heterocycles. The van der Waals surface area contributed by atoms with Gasteiger partial charge in [0.05, 0.1) is 11.2 Å². The lowest BCUT2D eigenvalue weighted by molar-refractivity contribution is -0.164. The Morgan fingerprint density at radius 3 is 2.39 bits per heavy atom. The van der Waals surface area contributed by atoms with Crippen molar-refractivity contribution in [2.45, 2.75) is 64.0 Å². The number of rotatable bonds is 4. The van der Waals surface area contributed by atoms with Crippen LogP contribution in [0.1, 0.15) is 69.0 Å². The van der Waals surface area contributed by atoms with Gasteiger partial charge >= 0.3 is 0 Å². The van der Waals surface area contributed by atoms with E-state index in [0.29, 0.717) is 49.3 Å². The van der Waals surface area contributed by atoms with Gasteiger partial charge in [0, 0.05) is 36.8 Å². The summed E-state index contributed by atoms with van der Waals surface area (Å²) < 4.78 is 19.5. The topological polar surface area (TPSA) is 86.9 Å². The molecule has 2 amide bonds. The highest BCUT2D eigenvalue weighted by molar-refractivity contribution is 5.97. The van der Waals surface area contributed by atoms with Crippen molar-refractivity contribution in [1.29, 1.82) is 0 Å². The van der Waals surface area contributed by atoms with Crippen molar-refractivity contribution in [3.63, 3.8) is 0 Å². The van der Waals surface area contributed by atoms with Gasteiger partial charge in [-0.15, -0.1) is 0 Å². The molecule has 3 aromatic rings. The Labute approximate surface area is 209 Å². The van der Waals surface area contributed by atoms with Crippen LogP contribution in [0.2, 0.25) is 0 Å². The van der Waals surface area contributed by atoms with E-state index >= 15 is 0 Å². The van der Waals surface area contributed by atoms with Crippen molar-refractivity contribution < 1.29 is 23.5 Å². The summed E-state index contributed by atoms with van der Waals surface area (Å²) in [6.45, 7) is 8.97. The molecule has 5 rings (SSSR count). The van der Waals surface area contributed by atoms with Crippen LogP contribution in [0.15, 0.2) is 40.8 Å². The lowest BCUT2D eigenvalue weighted by Gasteiger charge is -2.49. The molecule has 7 nitrogen and oxygen atoms in total. The van der Waals surface area contributed by atoms with E-state index in [1.807, 2.05) is 33.8 Å². The van der Waals surface area contributed by atoms with Crippen molar-refractivity contribution in [3.8, 4) is 11.3 Å². The highest BCUT2D eigenvalue weighted by atomic mass is 19.1. The van der Waals surface area contributed by atoms with Crippen molar-refractivity contribution in [2.75, 3.05) is 19.6 Å². The molecule has 2 aromatic heterocycles. The minimum Gasteiger partial charge on any atom is -0.449 e. The maximum atomic E-state index is 13.6. The van der Waals surface area contributed by atoms with Gasteiger partial charge in [0.25, 0.3) is 11.8 Å². The Hall–Kier alpha value is -3.26. The number of carbonyl (C=O) groups excluding carboxylic acids is 2. The SMILES string of the molecule is CC(C)c1cc(-c2ccc(F)cc2)nc2cc(C(=O)N3CCN(C(=O)C4(O)CCC4)CC3(C)C)oc12. The fourth-order valence-corrected chi connectivity index (χ4v) is 5.21. The number of halogens is 1. The average molecular weight is 494 g/mol. The second-order valence-corrected chi connectivity index (χ2v) is 11.0. The van der Waals surface area contributed by atoms with Gasteiger partial charge in [0.2, 0.25) is 0 Å². The summed E-state index contributed by atoms with van der Waals surface area (Å²) in [5.41, 5.74) is 1.64. The summed E-state index contributed by atoms with van der Waals surface area (Å²) in [5.74, 6) is -0.498. The zero-order valence-electron chi connectivity index (χ0n) is 21.2. The fraction of sp³-hybridized carbons (Fsp3) is 0.464. The van der Waals surface area contributed by atoms with Gasteiger partial charge in [-0.25, -0.2) is 9.37 Å². The maximum absolute atomic E-state index is 13.6. The van der Waals surface area contributed by atoms with Crippen LogP contribution in [0.25, 0.3) is 22.4 Å². The molecule has 36 heavy (non-hydrogen) atoms. The van der Waals surface area contributed by atoms with Crippen molar-refractivity contribution >= 4 is 22.9 Å². The third-order valence-electron chi connectivity index (χ3n) is 7.49. The first-order valence-electron chi connectivity index (χ1n) is 12.5. The number of benzene rings is 1. The second kappa shape index (κ2) is 8.69. The molecule has 190 valence electrons. The molecular formula is C28H32FN3O4. The van der Waals surface area contributed by atoms with E-state index in [1.54, 1.807) is 28.0 Å². The van der Waals surface area contributed by atoms with Crippen LogP contribution in [-0.4, -0.2) is 62.5 Å². The number of hydrogen-bond donors (Lipinski definition) is 1. The standard InChI is InChI=1S/C28H32FN3O4/c1-17(2)20-14-21(18-6-8-19(29)9-7-18)30-22-15-23(36-24(20)22)25(33)32-13-12-31(16-27(32,3)4)26(34)28(35)10-5-11-28/h6-9,14-15,17,35H,5,10-13,16H2,1-4H3. The van der Waals surface area contributed by atoms with Crippen LogP contribution >= 0.6 is 0 Å². The first-order chi connectivity index (χ1) is 17.0. The van der Waals surface area contributed by atoms with Crippen molar-refractivity contribution in [3.05, 3.63) is 53.5 Å². The van der Waals surface area contributed by atoms with E-state index in [-0.39, 0.29) is 29.3 Å². The van der Waals surface area contributed by atoms with Crippen molar-refractivity contribution in [1.82, 2.24) is 14.8 Å². The fourth-order valence-electron chi connectivity index (χ4n) is 5.21. The molecule has 1 aliphatic carbocycles. The Balaban J connectivity index is 1.44. The van der Waals surface area contributed by atoms with Gasteiger partial charge in [0.1, 0.15) is 16.9 Å². The first-order valence-corrected chi connectivity index (χ1v) is 12.5. The van der Waals surface area contributed by atoms with Gasteiger partial charge in [-0.05, 0) is 69.4 Å². The molecule has 0 atom stereocenters. The van der Waals surface area contributed by atoms with E-state index in [1.165, 1.54) is 12.1 Å². The molecule has 0 bridgehead atoms. The van der Waals surface area contributed by atoms with Crippen LogP contribution in [0.4, 0.5) is 4.39 Å². The first kappa shape index (κ1) is 24.4. The van der Waals surface area contributed by atoms with E-state index in [2.05, 4.69) is 0 Å². The van der Waals surface area contributed by atoms with E-state index in [4.69, 9.17) is 9.40 Å². The molecule has 1 saturated carbocycles. The summed E-state index contributed by atoms with van der Waals surface area (Å²) in [7, 11) is 0.